The first-order valence-corrected chi connectivity index (χ1v) is 8.56. The van der Waals surface area contributed by atoms with Gasteiger partial charge in [0.2, 0.25) is 0 Å². The maximum absolute atomic E-state index is 12.2. The van der Waals surface area contributed by atoms with Crippen molar-refractivity contribution in [2.45, 2.75) is 37.8 Å². The van der Waals surface area contributed by atoms with Crippen LogP contribution < -0.4 is 21.1 Å². The van der Waals surface area contributed by atoms with Crippen molar-refractivity contribution in [3.63, 3.8) is 0 Å². The van der Waals surface area contributed by atoms with Gasteiger partial charge >= 0.3 is 6.03 Å². The summed E-state index contributed by atoms with van der Waals surface area (Å²) < 4.78 is 7.02. The number of nitrogens with one attached hydrogen (secondary N) is 2. The molecule has 2 amide bonds. The molecule has 1 aromatic heterocycles. The number of aromatic nitrogens is 2. The predicted molar refractivity (Wildman–Crippen MR) is 90.2 cm³/mol. The molecule has 0 bridgehead atoms. The Bertz CT molecular complexity index is 626. The van der Waals surface area contributed by atoms with Crippen LogP contribution in [0.1, 0.15) is 25.7 Å². The van der Waals surface area contributed by atoms with E-state index in [1.165, 1.54) is 4.57 Å². The lowest BCUT2D eigenvalue weighted by Crippen LogP contribution is -2.52. The summed E-state index contributed by atoms with van der Waals surface area (Å²) >= 11 is 0. The van der Waals surface area contributed by atoms with Crippen LogP contribution in [0, 0.1) is 0 Å². The van der Waals surface area contributed by atoms with Crippen molar-refractivity contribution >= 4 is 11.8 Å². The molecule has 8 heteroatoms. The number of carbonyl (C=O) groups excluding carboxylic acids is 1. The minimum atomic E-state index is -0.175. The third-order valence-corrected chi connectivity index (χ3v) is 4.57. The largest absolute Gasteiger partial charge is 0.376 e. The van der Waals surface area contributed by atoms with Crippen LogP contribution in [0.15, 0.2) is 17.2 Å². The second kappa shape index (κ2) is 7.65. The fourth-order valence-corrected chi connectivity index (χ4v) is 3.24. The molecule has 3 rings (SSSR count). The molecule has 132 valence electrons. The van der Waals surface area contributed by atoms with Gasteiger partial charge < -0.3 is 24.8 Å². The number of anilines is 1. The first-order valence-electron chi connectivity index (χ1n) is 8.56. The van der Waals surface area contributed by atoms with Crippen LogP contribution in [0.3, 0.4) is 0 Å². The zero-order chi connectivity index (χ0) is 16.9. The van der Waals surface area contributed by atoms with Gasteiger partial charge in [-0.05, 0) is 25.7 Å². The molecular weight excluding hydrogens is 310 g/mol. The fourth-order valence-electron chi connectivity index (χ4n) is 3.24. The van der Waals surface area contributed by atoms with Crippen LogP contribution in [-0.2, 0) is 11.8 Å². The van der Waals surface area contributed by atoms with E-state index in [0.29, 0.717) is 18.9 Å². The lowest BCUT2D eigenvalue weighted by molar-refractivity contribution is 0.111. The number of piperidine rings is 1. The van der Waals surface area contributed by atoms with Crippen molar-refractivity contribution in [2.75, 3.05) is 31.1 Å². The normalized spacial score (nSPS) is 24.0. The number of nitrogens with zero attached hydrogens (tertiary/aromatic N) is 3. The van der Waals surface area contributed by atoms with E-state index in [1.54, 1.807) is 19.4 Å². The monoisotopic (exact) mass is 335 g/mol. The molecule has 2 N–H and O–H groups in total. The smallest absolute Gasteiger partial charge is 0.315 e. The molecule has 0 radical (unpaired) electrons. The topological polar surface area (TPSA) is 88.5 Å². The number of hydrogen-bond acceptors (Lipinski definition) is 5. The highest BCUT2D eigenvalue weighted by Crippen LogP contribution is 2.14. The standard InChI is InChI=1S/C16H25N5O3/c1-20-8-6-17-14(15(20)22)21-7-2-4-12(11-21)19-16(23)18-10-13-5-3-9-24-13/h6,8,12-13H,2-5,7,9-11H2,1H3,(H2,18,19,23)/t12-,13-/m1/s1. The van der Waals surface area contributed by atoms with Gasteiger partial charge in [-0.15, -0.1) is 0 Å². The molecule has 0 aromatic carbocycles. The number of urea groups is 1. The molecule has 2 aliphatic rings. The van der Waals surface area contributed by atoms with Crippen molar-refractivity contribution in [1.82, 2.24) is 20.2 Å². The summed E-state index contributed by atoms with van der Waals surface area (Å²) in [5.41, 5.74) is -0.110. The molecule has 2 saturated heterocycles. The highest BCUT2D eigenvalue weighted by atomic mass is 16.5. The molecule has 2 atom stereocenters. The molecule has 2 aliphatic heterocycles. The second-order valence-electron chi connectivity index (χ2n) is 6.44. The molecule has 1 aromatic rings. The predicted octanol–water partition coefficient (Wildman–Crippen LogP) is 0.227. The Morgan fingerprint density at radius 1 is 1.42 bits per heavy atom. The van der Waals surface area contributed by atoms with Gasteiger partial charge in [-0.2, -0.15) is 0 Å². The maximum atomic E-state index is 12.2. The number of hydrogen-bond donors (Lipinski definition) is 2. The van der Waals surface area contributed by atoms with E-state index in [-0.39, 0.29) is 23.7 Å². The Kier molecular flexibility index (Phi) is 5.34. The quantitative estimate of drug-likeness (QED) is 0.822. The van der Waals surface area contributed by atoms with Crippen molar-refractivity contribution in [3.8, 4) is 0 Å². The van der Waals surface area contributed by atoms with Crippen molar-refractivity contribution in [3.05, 3.63) is 22.7 Å². The van der Waals surface area contributed by atoms with Gasteiger partial charge in [0.1, 0.15) is 0 Å². The van der Waals surface area contributed by atoms with E-state index in [1.807, 2.05) is 4.90 Å². The van der Waals surface area contributed by atoms with Crippen LogP contribution in [0.5, 0.6) is 0 Å². The zero-order valence-electron chi connectivity index (χ0n) is 14.0. The van der Waals surface area contributed by atoms with Crippen LogP contribution in [0.4, 0.5) is 10.6 Å². The van der Waals surface area contributed by atoms with Gasteiger partial charge in [0.25, 0.3) is 5.56 Å². The van der Waals surface area contributed by atoms with Gasteiger partial charge in [0.15, 0.2) is 5.82 Å². The van der Waals surface area contributed by atoms with Gasteiger partial charge in [-0.25, -0.2) is 9.78 Å². The Balaban J connectivity index is 1.52. The van der Waals surface area contributed by atoms with Crippen molar-refractivity contribution in [1.29, 1.82) is 0 Å². The van der Waals surface area contributed by atoms with Crippen molar-refractivity contribution in [2.24, 2.45) is 7.05 Å². The van der Waals surface area contributed by atoms with E-state index in [4.69, 9.17) is 4.74 Å². The lowest BCUT2D eigenvalue weighted by atomic mass is 10.1. The molecule has 2 fully saturated rings. The first kappa shape index (κ1) is 16.8. The summed E-state index contributed by atoms with van der Waals surface area (Å²) in [7, 11) is 1.71. The van der Waals surface area contributed by atoms with Gasteiger partial charge in [-0.1, -0.05) is 0 Å². The Morgan fingerprint density at radius 3 is 3.08 bits per heavy atom. The molecule has 3 heterocycles. The maximum Gasteiger partial charge on any atom is 0.315 e. The number of ether oxygens (including phenoxy) is 1. The van der Waals surface area contributed by atoms with Crippen LogP contribution >= 0.6 is 0 Å². The van der Waals surface area contributed by atoms with Crippen LogP contribution in [0.2, 0.25) is 0 Å². The molecule has 0 saturated carbocycles. The summed E-state index contributed by atoms with van der Waals surface area (Å²) in [6.07, 6.45) is 7.28. The number of carbonyl (C=O) groups is 1. The summed E-state index contributed by atoms with van der Waals surface area (Å²) in [5, 5.41) is 5.86. The molecule has 24 heavy (non-hydrogen) atoms. The SMILES string of the molecule is Cn1ccnc(N2CCC[C@@H](NC(=O)NC[C@H]3CCCO3)C2)c1=O. The third-order valence-electron chi connectivity index (χ3n) is 4.57. The number of amides is 2. The average molecular weight is 335 g/mol. The second-order valence-corrected chi connectivity index (χ2v) is 6.44. The van der Waals surface area contributed by atoms with Crippen LogP contribution in [-0.4, -0.2) is 54.0 Å². The molecule has 0 aliphatic carbocycles. The zero-order valence-corrected chi connectivity index (χ0v) is 14.0. The molecule has 0 unspecified atom stereocenters. The lowest BCUT2D eigenvalue weighted by Gasteiger charge is -2.33. The Hall–Kier alpha value is -2.09. The van der Waals surface area contributed by atoms with E-state index in [0.717, 1.165) is 38.8 Å². The molecular formula is C16H25N5O3. The summed E-state index contributed by atoms with van der Waals surface area (Å²) in [6, 6.07) is -0.166. The molecule has 8 nitrogen and oxygen atoms in total. The van der Waals surface area contributed by atoms with Gasteiger partial charge in [0.05, 0.1) is 6.10 Å². The van der Waals surface area contributed by atoms with E-state index >= 15 is 0 Å². The minimum Gasteiger partial charge on any atom is -0.376 e. The number of aryl methyl sites for hydroxylation is 1. The Labute approximate surface area is 141 Å². The average Bonchev–Trinajstić information content (AvgIpc) is 3.09. The van der Waals surface area contributed by atoms with E-state index in [9.17, 15) is 9.59 Å². The van der Waals surface area contributed by atoms with Gasteiger partial charge in [0, 0.05) is 51.7 Å². The third kappa shape index (κ3) is 4.05. The van der Waals surface area contributed by atoms with E-state index in [2.05, 4.69) is 15.6 Å². The van der Waals surface area contributed by atoms with Crippen molar-refractivity contribution < 1.29 is 9.53 Å². The van der Waals surface area contributed by atoms with Gasteiger partial charge in [-0.3, -0.25) is 4.79 Å². The summed E-state index contributed by atoms with van der Waals surface area (Å²) in [5.74, 6) is 0.450. The highest BCUT2D eigenvalue weighted by molar-refractivity contribution is 5.74. The summed E-state index contributed by atoms with van der Waals surface area (Å²) in [6.45, 7) is 2.70. The van der Waals surface area contributed by atoms with E-state index < -0.39 is 0 Å². The fraction of sp³-hybridized carbons (Fsp3) is 0.688. The minimum absolute atomic E-state index is 0.00922. The number of rotatable bonds is 4. The molecule has 0 spiro atoms. The first-order chi connectivity index (χ1) is 11.6. The Morgan fingerprint density at radius 2 is 2.29 bits per heavy atom. The highest BCUT2D eigenvalue weighted by Gasteiger charge is 2.24. The summed E-state index contributed by atoms with van der Waals surface area (Å²) in [4.78, 5) is 30.4. The van der Waals surface area contributed by atoms with Crippen LogP contribution in [0.25, 0.3) is 0 Å².